The molecular formula is C22H20N6O3S. The Kier molecular flexibility index (Phi) is 6.61. The van der Waals surface area contributed by atoms with Gasteiger partial charge in [-0.25, -0.2) is 14.5 Å². The second kappa shape index (κ2) is 9.92. The first kappa shape index (κ1) is 21.3. The summed E-state index contributed by atoms with van der Waals surface area (Å²) in [4.78, 5) is 30.5. The Labute approximate surface area is 188 Å². The Bertz CT molecular complexity index is 1180. The van der Waals surface area contributed by atoms with Crippen LogP contribution in [-0.4, -0.2) is 44.2 Å². The van der Waals surface area contributed by atoms with Crippen molar-refractivity contribution in [3.63, 3.8) is 0 Å². The zero-order valence-electron chi connectivity index (χ0n) is 17.2. The number of methoxy groups -OCH3 is 1. The molecule has 0 aliphatic carbocycles. The molecule has 2 aromatic carbocycles. The molecule has 0 spiro atoms. The van der Waals surface area contributed by atoms with E-state index in [1.165, 1.54) is 29.5 Å². The average molecular weight is 449 g/mol. The van der Waals surface area contributed by atoms with E-state index >= 15 is 0 Å². The molecule has 4 rings (SSSR count). The number of hydrogen-bond donors (Lipinski definition) is 1. The van der Waals surface area contributed by atoms with Crippen LogP contribution in [0.4, 0.5) is 5.13 Å². The number of hydrogen-bond acceptors (Lipinski definition) is 8. The highest BCUT2D eigenvalue weighted by molar-refractivity contribution is 7.16. The summed E-state index contributed by atoms with van der Waals surface area (Å²) in [5, 5.41) is 14.3. The van der Waals surface area contributed by atoms with Crippen LogP contribution >= 0.6 is 11.3 Å². The van der Waals surface area contributed by atoms with Crippen molar-refractivity contribution in [1.29, 1.82) is 0 Å². The molecule has 1 amide bonds. The molecule has 4 aromatic rings. The molecular weight excluding hydrogens is 428 g/mol. The van der Waals surface area contributed by atoms with Gasteiger partial charge in [-0.05, 0) is 21.6 Å². The zero-order chi connectivity index (χ0) is 22.3. The first-order valence-corrected chi connectivity index (χ1v) is 10.6. The molecule has 0 saturated carbocycles. The number of rotatable bonds is 8. The molecule has 9 nitrogen and oxygen atoms in total. The fourth-order valence-corrected chi connectivity index (χ4v) is 4.19. The van der Waals surface area contributed by atoms with E-state index in [9.17, 15) is 9.59 Å². The van der Waals surface area contributed by atoms with Gasteiger partial charge in [-0.15, -0.1) is 16.4 Å². The van der Waals surface area contributed by atoms with Gasteiger partial charge in [0.2, 0.25) is 0 Å². The quantitative estimate of drug-likeness (QED) is 0.413. The van der Waals surface area contributed by atoms with E-state index < -0.39 is 12.0 Å². The molecule has 10 heteroatoms. The Morgan fingerprint density at radius 1 is 1.06 bits per heavy atom. The highest BCUT2D eigenvalue weighted by Gasteiger charge is 2.25. The fourth-order valence-electron chi connectivity index (χ4n) is 3.21. The lowest BCUT2D eigenvalue weighted by Crippen LogP contribution is -2.28. The SMILES string of the molecule is COC(=O)c1nc(NC(=O)[C@H](Cc2ccccc2)n2cnnn2)sc1Cc1ccccc1. The molecule has 0 saturated heterocycles. The number of esters is 1. The molecule has 0 fully saturated rings. The van der Waals surface area contributed by atoms with E-state index in [0.717, 1.165) is 11.1 Å². The summed E-state index contributed by atoms with van der Waals surface area (Å²) in [5.41, 5.74) is 2.18. The van der Waals surface area contributed by atoms with Gasteiger partial charge in [0.15, 0.2) is 10.8 Å². The van der Waals surface area contributed by atoms with Crippen LogP contribution < -0.4 is 5.32 Å². The van der Waals surface area contributed by atoms with E-state index in [0.29, 0.717) is 22.9 Å². The van der Waals surface area contributed by atoms with Crippen LogP contribution in [0.2, 0.25) is 0 Å². The lowest BCUT2D eigenvalue weighted by atomic mass is 10.1. The molecule has 0 radical (unpaired) electrons. The van der Waals surface area contributed by atoms with Gasteiger partial charge in [0.1, 0.15) is 12.4 Å². The molecule has 2 aromatic heterocycles. The first-order chi connectivity index (χ1) is 15.6. The molecule has 0 unspecified atom stereocenters. The van der Waals surface area contributed by atoms with Gasteiger partial charge in [0.25, 0.3) is 5.91 Å². The monoisotopic (exact) mass is 448 g/mol. The molecule has 1 atom stereocenters. The lowest BCUT2D eigenvalue weighted by Gasteiger charge is -2.15. The summed E-state index contributed by atoms with van der Waals surface area (Å²) in [6, 6.07) is 18.6. The minimum absolute atomic E-state index is 0.193. The van der Waals surface area contributed by atoms with Gasteiger partial charge in [-0.3, -0.25) is 4.79 Å². The lowest BCUT2D eigenvalue weighted by molar-refractivity contribution is -0.119. The van der Waals surface area contributed by atoms with Crippen molar-refractivity contribution in [2.24, 2.45) is 0 Å². The maximum atomic E-state index is 13.2. The van der Waals surface area contributed by atoms with Crippen molar-refractivity contribution in [3.8, 4) is 0 Å². The van der Waals surface area contributed by atoms with E-state index in [2.05, 4.69) is 25.8 Å². The summed E-state index contributed by atoms with van der Waals surface area (Å²) in [5.74, 6) is -0.883. The third-order valence-electron chi connectivity index (χ3n) is 4.77. The highest BCUT2D eigenvalue weighted by atomic mass is 32.1. The Morgan fingerprint density at radius 3 is 2.38 bits per heavy atom. The molecule has 0 aliphatic rings. The zero-order valence-corrected chi connectivity index (χ0v) is 18.0. The maximum Gasteiger partial charge on any atom is 0.357 e. The molecule has 0 bridgehead atoms. The standard InChI is InChI=1S/C22H20N6O3S/c1-31-21(30)19-18(13-16-10-6-3-7-11-16)32-22(24-19)25-20(29)17(28-14-23-26-27-28)12-15-8-4-2-5-9-15/h2-11,14,17H,12-13H2,1H3,(H,24,25,29)/t17-/m0/s1. The topological polar surface area (TPSA) is 112 Å². The minimum atomic E-state index is -0.685. The van der Waals surface area contributed by atoms with Crippen LogP contribution in [0.1, 0.15) is 32.5 Å². The predicted octanol–water partition coefficient (Wildman–Crippen LogP) is 2.93. The van der Waals surface area contributed by atoms with E-state index in [1.54, 1.807) is 0 Å². The Balaban J connectivity index is 1.58. The van der Waals surface area contributed by atoms with Crippen LogP contribution in [-0.2, 0) is 22.4 Å². The van der Waals surface area contributed by atoms with E-state index in [4.69, 9.17) is 4.74 Å². The van der Waals surface area contributed by atoms with Crippen LogP contribution in [0.3, 0.4) is 0 Å². The fraction of sp³-hybridized carbons (Fsp3) is 0.182. The molecule has 0 aliphatic heterocycles. The number of ether oxygens (including phenoxy) is 1. The third kappa shape index (κ3) is 5.03. The summed E-state index contributed by atoms with van der Waals surface area (Å²) >= 11 is 1.24. The third-order valence-corrected chi connectivity index (χ3v) is 5.74. The number of aromatic nitrogens is 5. The smallest absolute Gasteiger partial charge is 0.357 e. The maximum absolute atomic E-state index is 13.2. The van der Waals surface area contributed by atoms with Crippen molar-refractivity contribution in [3.05, 3.63) is 88.7 Å². The number of nitrogens with zero attached hydrogens (tertiary/aromatic N) is 5. The number of thiazole rings is 1. The first-order valence-electron chi connectivity index (χ1n) is 9.83. The van der Waals surface area contributed by atoms with Gasteiger partial charge >= 0.3 is 5.97 Å². The van der Waals surface area contributed by atoms with Gasteiger partial charge < -0.3 is 10.1 Å². The van der Waals surface area contributed by atoms with E-state index in [1.807, 2.05) is 60.7 Å². The second-order valence-corrected chi connectivity index (χ2v) is 8.01. The van der Waals surface area contributed by atoms with E-state index in [-0.39, 0.29) is 11.6 Å². The highest BCUT2D eigenvalue weighted by Crippen LogP contribution is 2.27. The van der Waals surface area contributed by atoms with Crippen molar-refractivity contribution >= 4 is 28.3 Å². The molecule has 1 N–H and O–H groups in total. The summed E-state index contributed by atoms with van der Waals surface area (Å²) in [7, 11) is 1.31. The second-order valence-electron chi connectivity index (χ2n) is 6.93. The van der Waals surface area contributed by atoms with Gasteiger partial charge in [-0.1, -0.05) is 60.7 Å². The molecule has 162 valence electrons. The average Bonchev–Trinajstić information content (AvgIpc) is 3.49. The van der Waals surface area contributed by atoms with Crippen molar-refractivity contribution in [2.75, 3.05) is 12.4 Å². The largest absolute Gasteiger partial charge is 0.464 e. The number of nitrogens with one attached hydrogen (secondary N) is 1. The number of tetrazole rings is 1. The number of amides is 1. The minimum Gasteiger partial charge on any atom is -0.464 e. The van der Waals surface area contributed by atoms with Crippen LogP contribution in [0.25, 0.3) is 0 Å². The number of benzene rings is 2. The van der Waals surface area contributed by atoms with Crippen LogP contribution in [0.5, 0.6) is 0 Å². The van der Waals surface area contributed by atoms with Crippen molar-refractivity contribution in [2.45, 2.75) is 18.9 Å². The Morgan fingerprint density at radius 2 is 1.75 bits per heavy atom. The van der Waals surface area contributed by atoms with Crippen LogP contribution in [0.15, 0.2) is 67.0 Å². The molecule has 32 heavy (non-hydrogen) atoms. The normalized spacial score (nSPS) is 11.7. The summed E-state index contributed by atoms with van der Waals surface area (Å²) in [6.45, 7) is 0. The molecule has 2 heterocycles. The van der Waals surface area contributed by atoms with Gasteiger partial charge in [-0.2, -0.15) is 0 Å². The summed E-state index contributed by atoms with van der Waals surface area (Å²) in [6.07, 6.45) is 2.29. The van der Waals surface area contributed by atoms with Gasteiger partial charge in [0, 0.05) is 17.7 Å². The van der Waals surface area contributed by atoms with Crippen molar-refractivity contribution in [1.82, 2.24) is 25.2 Å². The number of carbonyl (C=O) groups is 2. The van der Waals surface area contributed by atoms with Crippen molar-refractivity contribution < 1.29 is 14.3 Å². The van der Waals surface area contributed by atoms with Crippen LogP contribution in [0, 0.1) is 0 Å². The number of carbonyl (C=O) groups excluding carboxylic acids is 2. The number of anilines is 1. The Hall–Kier alpha value is -3.92. The van der Waals surface area contributed by atoms with Gasteiger partial charge in [0.05, 0.1) is 7.11 Å². The predicted molar refractivity (Wildman–Crippen MR) is 118 cm³/mol. The summed E-state index contributed by atoms with van der Waals surface area (Å²) < 4.78 is 6.28.